The van der Waals surface area contributed by atoms with Crippen LogP contribution in [0.25, 0.3) is 0 Å². The number of unbranched alkanes of at least 4 members (excludes halogenated alkanes) is 13. The highest BCUT2D eigenvalue weighted by molar-refractivity contribution is 5.79. The molecule has 0 spiro atoms. The second kappa shape index (κ2) is 20.3. The first kappa shape index (κ1) is 28.7. The number of carboxylic acid groups (broad SMARTS) is 1. The Balaban J connectivity index is 1.97. The smallest absolute Gasteiger partial charge is 0.307 e. The standard InChI is InChI=1S/C28H50O4/c1-2-3-4-5-6-7-8-9-10-11-12-13-14-15-16-18-21-25(28(30)31)24-27(29)32-26-22-19-17-20-23-26/h16,18,25-26H,2-15,17,19-24H2,1H3,(H,30,31)/b18-16+. The minimum Gasteiger partial charge on any atom is -0.481 e. The minimum atomic E-state index is -0.906. The molecule has 0 aliphatic heterocycles. The van der Waals surface area contributed by atoms with Gasteiger partial charge in [0.05, 0.1) is 12.3 Å². The van der Waals surface area contributed by atoms with Crippen molar-refractivity contribution in [2.24, 2.45) is 5.92 Å². The summed E-state index contributed by atoms with van der Waals surface area (Å²) < 4.78 is 5.48. The van der Waals surface area contributed by atoms with Gasteiger partial charge in [-0.2, -0.15) is 0 Å². The predicted octanol–water partition coefficient (Wildman–Crippen LogP) is 8.38. The Morgan fingerprint density at radius 2 is 1.34 bits per heavy atom. The van der Waals surface area contributed by atoms with Crippen molar-refractivity contribution < 1.29 is 19.4 Å². The van der Waals surface area contributed by atoms with Crippen LogP contribution in [0.2, 0.25) is 0 Å². The lowest BCUT2D eigenvalue weighted by Crippen LogP contribution is -2.24. The van der Waals surface area contributed by atoms with Crippen molar-refractivity contribution in [1.82, 2.24) is 0 Å². The van der Waals surface area contributed by atoms with Gasteiger partial charge in [-0.3, -0.25) is 9.59 Å². The van der Waals surface area contributed by atoms with Gasteiger partial charge in [-0.25, -0.2) is 0 Å². The molecule has 1 unspecified atom stereocenters. The molecular weight excluding hydrogens is 400 g/mol. The molecule has 4 heteroatoms. The van der Waals surface area contributed by atoms with Crippen LogP contribution in [0.3, 0.4) is 0 Å². The van der Waals surface area contributed by atoms with E-state index in [4.69, 9.17) is 4.74 Å². The van der Waals surface area contributed by atoms with E-state index in [1.807, 2.05) is 6.08 Å². The average Bonchev–Trinajstić information content (AvgIpc) is 2.78. The molecule has 1 fully saturated rings. The maximum Gasteiger partial charge on any atom is 0.307 e. The number of allylic oxidation sites excluding steroid dienone is 2. The monoisotopic (exact) mass is 450 g/mol. The summed E-state index contributed by atoms with van der Waals surface area (Å²) in [6.45, 7) is 2.27. The molecule has 1 saturated carbocycles. The van der Waals surface area contributed by atoms with Gasteiger partial charge in [0.25, 0.3) is 0 Å². The molecule has 32 heavy (non-hydrogen) atoms. The highest BCUT2D eigenvalue weighted by Crippen LogP contribution is 2.22. The lowest BCUT2D eigenvalue weighted by atomic mass is 9.97. The van der Waals surface area contributed by atoms with Crippen LogP contribution in [-0.4, -0.2) is 23.1 Å². The summed E-state index contributed by atoms with van der Waals surface area (Å²) in [6, 6.07) is 0. The van der Waals surface area contributed by atoms with Gasteiger partial charge < -0.3 is 9.84 Å². The Morgan fingerprint density at radius 3 is 1.88 bits per heavy atom. The maximum absolute atomic E-state index is 12.1. The Morgan fingerprint density at radius 1 is 0.812 bits per heavy atom. The van der Waals surface area contributed by atoms with Crippen LogP contribution in [0.4, 0.5) is 0 Å². The first-order valence-electron chi connectivity index (χ1n) is 13.7. The van der Waals surface area contributed by atoms with Crippen molar-refractivity contribution in [2.45, 2.75) is 148 Å². The topological polar surface area (TPSA) is 63.6 Å². The number of ether oxygens (including phenoxy) is 1. The SMILES string of the molecule is CCCCCCCCCCCCCCC/C=C/CC(CC(=O)OC1CCCCC1)C(=O)O. The minimum absolute atomic E-state index is 0.00298. The molecule has 186 valence electrons. The summed E-state index contributed by atoms with van der Waals surface area (Å²) in [5.41, 5.74) is 0. The molecule has 0 aromatic rings. The molecule has 0 aromatic carbocycles. The third-order valence-electron chi connectivity index (χ3n) is 6.67. The van der Waals surface area contributed by atoms with E-state index < -0.39 is 11.9 Å². The Kier molecular flexibility index (Phi) is 18.2. The number of hydrogen-bond donors (Lipinski definition) is 1. The summed E-state index contributed by atoms with van der Waals surface area (Å²) in [7, 11) is 0. The zero-order valence-electron chi connectivity index (χ0n) is 20.8. The highest BCUT2D eigenvalue weighted by Gasteiger charge is 2.24. The lowest BCUT2D eigenvalue weighted by molar-refractivity contribution is -0.156. The number of aliphatic carboxylic acids is 1. The van der Waals surface area contributed by atoms with E-state index >= 15 is 0 Å². The molecule has 0 bridgehead atoms. The van der Waals surface area contributed by atoms with Crippen LogP contribution in [0.15, 0.2) is 12.2 Å². The van der Waals surface area contributed by atoms with Crippen LogP contribution in [0.1, 0.15) is 142 Å². The average molecular weight is 451 g/mol. The number of carbonyl (C=O) groups excluding carboxylic acids is 1. The summed E-state index contributed by atoms with van der Waals surface area (Å²) in [6.07, 6.45) is 28.2. The number of carbonyl (C=O) groups is 2. The molecule has 1 aliphatic rings. The lowest BCUT2D eigenvalue weighted by Gasteiger charge is -2.22. The van der Waals surface area contributed by atoms with Crippen molar-refractivity contribution in [3.63, 3.8) is 0 Å². The molecular formula is C28H50O4. The van der Waals surface area contributed by atoms with Crippen LogP contribution >= 0.6 is 0 Å². The third-order valence-corrected chi connectivity index (χ3v) is 6.67. The second-order valence-electron chi connectivity index (χ2n) is 9.73. The van der Waals surface area contributed by atoms with Gasteiger partial charge in [-0.05, 0) is 44.9 Å². The normalized spacial score (nSPS) is 15.8. The van der Waals surface area contributed by atoms with Gasteiger partial charge in [-0.1, -0.05) is 103 Å². The van der Waals surface area contributed by atoms with Crippen molar-refractivity contribution in [1.29, 1.82) is 0 Å². The van der Waals surface area contributed by atoms with E-state index in [1.165, 1.54) is 83.5 Å². The molecule has 1 rings (SSSR count). The van der Waals surface area contributed by atoms with Crippen LogP contribution < -0.4 is 0 Å². The number of hydrogen-bond acceptors (Lipinski definition) is 3. The quantitative estimate of drug-likeness (QED) is 0.115. The third kappa shape index (κ3) is 16.3. The fraction of sp³-hybridized carbons (Fsp3) is 0.857. The van der Waals surface area contributed by atoms with Crippen LogP contribution in [0.5, 0.6) is 0 Å². The maximum atomic E-state index is 12.1. The molecule has 1 atom stereocenters. The van der Waals surface area contributed by atoms with E-state index in [-0.39, 0.29) is 18.5 Å². The molecule has 0 saturated heterocycles. The highest BCUT2D eigenvalue weighted by atomic mass is 16.5. The van der Waals surface area contributed by atoms with Gasteiger partial charge >= 0.3 is 11.9 Å². The van der Waals surface area contributed by atoms with Crippen molar-refractivity contribution >= 4 is 11.9 Å². The Labute approximate surface area is 197 Å². The van der Waals surface area contributed by atoms with E-state index in [2.05, 4.69) is 13.0 Å². The second-order valence-corrected chi connectivity index (χ2v) is 9.73. The largest absolute Gasteiger partial charge is 0.481 e. The van der Waals surface area contributed by atoms with Gasteiger partial charge in [0.2, 0.25) is 0 Å². The number of carboxylic acids is 1. The van der Waals surface area contributed by atoms with Gasteiger partial charge in [0, 0.05) is 0 Å². The fourth-order valence-electron chi connectivity index (χ4n) is 4.55. The zero-order chi connectivity index (χ0) is 23.3. The van der Waals surface area contributed by atoms with Crippen molar-refractivity contribution in [3.05, 3.63) is 12.2 Å². The number of esters is 1. The molecule has 1 aliphatic carbocycles. The van der Waals surface area contributed by atoms with Crippen molar-refractivity contribution in [3.8, 4) is 0 Å². The summed E-state index contributed by atoms with van der Waals surface area (Å²) in [5, 5.41) is 9.41. The Bertz CT molecular complexity index is 494. The molecule has 0 heterocycles. The fourth-order valence-corrected chi connectivity index (χ4v) is 4.55. The molecule has 1 N–H and O–H groups in total. The first-order chi connectivity index (χ1) is 15.6. The van der Waals surface area contributed by atoms with Gasteiger partial charge in [0.15, 0.2) is 0 Å². The zero-order valence-corrected chi connectivity index (χ0v) is 20.8. The first-order valence-corrected chi connectivity index (χ1v) is 13.7. The van der Waals surface area contributed by atoms with Crippen molar-refractivity contribution in [2.75, 3.05) is 0 Å². The number of rotatable bonds is 20. The van der Waals surface area contributed by atoms with Crippen LogP contribution in [0, 0.1) is 5.92 Å². The predicted molar refractivity (Wildman–Crippen MR) is 133 cm³/mol. The Hall–Kier alpha value is -1.32. The molecule has 4 nitrogen and oxygen atoms in total. The summed E-state index contributed by atoms with van der Waals surface area (Å²) in [4.78, 5) is 23.6. The van der Waals surface area contributed by atoms with E-state index in [0.717, 1.165) is 38.5 Å². The van der Waals surface area contributed by atoms with E-state index in [9.17, 15) is 14.7 Å². The molecule has 0 amide bonds. The molecule has 0 radical (unpaired) electrons. The summed E-state index contributed by atoms with van der Waals surface area (Å²) >= 11 is 0. The molecule has 0 aromatic heterocycles. The van der Waals surface area contributed by atoms with E-state index in [1.54, 1.807) is 0 Å². The van der Waals surface area contributed by atoms with Gasteiger partial charge in [0.1, 0.15) is 6.10 Å². The van der Waals surface area contributed by atoms with Gasteiger partial charge in [-0.15, -0.1) is 0 Å². The van der Waals surface area contributed by atoms with E-state index in [0.29, 0.717) is 6.42 Å². The van der Waals surface area contributed by atoms with Crippen LogP contribution in [-0.2, 0) is 14.3 Å². The summed E-state index contributed by atoms with van der Waals surface area (Å²) in [5.74, 6) is -1.93.